The zero-order chi connectivity index (χ0) is 7.72. The third-order valence-corrected chi connectivity index (χ3v) is 2.60. The highest BCUT2D eigenvalue weighted by atomic mass is 35.5. The van der Waals surface area contributed by atoms with Crippen molar-refractivity contribution >= 4 is 26.1 Å². The minimum atomic E-state index is 0.827. The molecule has 1 aromatic carbocycles. The fourth-order valence-electron chi connectivity index (χ4n) is 0.803. The number of halogens is 1. The molecule has 1 unspecified atom stereocenters. The Morgan fingerprint density at radius 2 is 1.70 bits per heavy atom. The van der Waals surface area contributed by atoms with E-state index in [9.17, 15) is 0 Å². The van der Waals surface area contributed by atoms with Gasteiger partial charge in [0, 0.05) is 5.02 Å². The zero-order valence-corrected chi connectivity index (χ0v) is 8.02. The fourth-order valence-corrected chi connectivity index (χ4v) is 1.35. The van der Waals surface area contributed by atoms with Crippen LogP contribution in [0, 0.1) is 13.8 Å². The summed E-state index contributed by atoms with van der Waals surface area (Å²) in [5.41, 5.74) is 2.53. The second-order valence-electron chi connectivity index (χ2n) is 2.46. The van der Waals surface area contributed by atoms with Crippen LogP contribution in [0.1, 0.15) is 11.1 Å². The molecule has 0 nitrogen and oxygen atoms in total. The molecular weight excluding hydrogens is 163 g/mol. The number of aryl methyl sites for hydroxylation is 2. The third kappa shape index (κ3) is 1.51. The summed E-state index contributed by atoms with van der Waals surface area (Å²) in [4.78, 5) is 0. The molecule has 0 spiro atoms. The summed E-state index contributed by atoms with van der Waals surface area (Å²) >= 11 is 5.87. The van der Waals surface area contributed by atoms with Gasteiger partial charge >= 0.3 is 0 Å². The fraction of sp³-hybridized carbons (Fsp3) is 0.250. The van der Waals surface area contributed by atoms with E-state index in [1.807, 2.05) is 6.07 Å². The molecule has 54 valence electrons. The van der Waals surface area contributed by atoms with Gasteiger partial charge in [-0.3, -0.25) is 0 Å². The Hall–Kier alpha value is -0.0600. The van der Waals surface area contributed by atoms with Gasteiger partial charge in [0.1, 0.15) is 0 Å². The van der Waals surface area contributed by atoms with Crippen molar-refractivity contribution in [2.75, 3.05) is 0 Å². The van der Waals surface area contributed by atoms with E-state index in [-0.39, 0.29) is 0 Å². The van der Waals surface area contributed by atoms with Crippen LogP contribution >= 0.6 is 20.8 Å². The van der Waals surface area contributed by atoms with Gasteiger partial charge in [0.2, 0.25) is 0 Å². The predicted molar refractivity (Wildman–Crippen MR) is 50.3 cm³/mol. The summed E-state index contributed by atoms with van der Waals surface area (Å²) in [7, 11) is 2.61. The molecule has 0 saturated heterocycles. The van der Waals surface area contributed by atoms with E-state index in [0.717, 1.165) is 10.3 Å². The van der Waals surface area contributed by atoms with Crippen LogP contribution in [0.15, 0.2) is 12.1 Å². The zero-order valence-electron chi connectivity index (χ0n) is 6.11. The summed E-state index contributed by atoms with van der Waals surface area (Å²) in [6.07, 6.45) is 0. The predicted octanol–water partition coefficient (Wildman–Crippen LogP) is 2.46. The SMILES string of the molecule is Cc1cc(P)c(Cl)cc1C. The first-order valence-corrected chi connectivity index (χ1v) is 4.09. The minimum Gasteiger partial charge on any atom is -0.104 e. The van der Waals surface area contributed by atoms with E-state index < -0.39 is 0 Å². The lowest BCUT2D eigenvalue weighted by atomic mass is 10.1. The van der Waals surface area contributed by atoms with E-state index >= 15 is 0 Å². The number of hydrogen-bond acceptors (Lipinski definition) is 0. The quantitative estimate of drug-likeness (QED) is 0.528. The lowest BCUT2D eigenvalue weighted by molar-refractivity contribution is 1.35. The van der Waals surface area contributed by atoms with Gasteiger partial charge < -0.3 is 0 Å². The standard InChI is InChI=1S/C8H10ClP/c1-5-3-7(9)8(10)4-6(5)2/h3-4H,10H2,1-2H3. The third-order valence-electron chi connectivity index (χ3n) is 1.61. The lowest BCUT2D eigenvalue weighted by Gasteiger charge is -2.02. The van der Waals surface area contributed by atoms with Gasteiger partial charge in [-0.15, -0.1) is 9.24 Å². The monoisotopic (exact) mass is 172 g/mol. The molecule has 1 atom stereocenters. The summed E-state index contributed by atoms with van der Waals surface area (Å²) in [5.74, 6) is 0. The van der Waals surface area contributed by atoms with E-state index in [0.29, 0.717) is 0 Å². The van der Waals surface area contributed by atoms with Crippen LogP contribution in [0.25, 0.3) is 0 Å². The first-order valence-electron chi connectivity index (χ1n) is 3.13. The van der Waals surface area contributed by atoms with E-state index in [1.54, 1.807) is 0 Å². The molecule has 2 heteroatoms. The summed E-state index contributed by atoms with van der Waals surface area (Å²) < 4.78 is 0. The maximum atomic E-state index is 5.87. The first kappa shape index (κ1) is 8.04. The van der Waals surface area contributed by atoms with Crippen molar-refractivity contribution in [3.63, 3.8) is 0 Å². The highest BCUT2D eigenvalue weighted by molar-refractivity contribution is 7.28. The Balaban J connectivity index is 3.28. The maximum absolute atomic E-state index is 5.87. The molecule has 1 rings (SSSR count). The Morgan fingerprint density at radius 1 is 1.20 bits per heavy atom. The van der Waals surface area contributed by atoms with Crippen LogP contribution in [0.5, 0.6) is 0 Å². The lowest BCUT2D eigenvalue weighted by Crippen LogP contribution is -1.95. The largest absolute Gasteiger partial charge is 0.104 e. The van der Waals surface area contributed by atoms with Crippen molar-refractivity contribution in [1.82, 2.24) is 0 Å². The second-order valence-corrected chi connectivity index (χ2v) is 3.49. The van der Waals surface area contributed by atoms with Gasteiger partial charge in [0.25, 0.3) is 0 Å². The molecular formula is C8H10ClP. The van der Waals surface area contributed by atoms with Crippen molar-refractivity contribution in [3.05, 3.63) is 28.3 Å². The smallest absolute Gasteiger partial charge is 0.0480 e. The highest BCUT2D eigenvalue weighted by Crippen LogP contribution is 2.14. The van der Waals surface area contributed by atoms with Crippen molar-refractivity contribution in [2.24, 2.45) is 0 Å². The molecule has 0 bridgehead atoms. The van der Waals surface area contributed by atoms with Crippen molar-refractivity contribution < 1.29 is 0 Å². The van der Waals surface area contributed by atoms with Gasteiger partial charge in [-0.05, 0) is 36.3 Å². The van der Waals surface area contributed by atoms with Gasteiger partial charge in [-0.25, -0.2) is 0 Å². The normalized spacial score (nSPS) is 10.0. The molecule has 10 heavy (non-hydrogen) atoms. The minimum absolute atomic E-state index is 0.827. The van der Waals surface area contributed by atoms with Crippen LogP contribution in [0.4, 0.5) is 0 Å². The molecule has 0 heterocycles. The van der Waals surface area contributed by atoms with Crippen molar-refractivity contribution in [1.29, 1.82) is 0 Å². The van der Waals surface area contributed by atoms with E-state index in [2.05, 4.69) is 29.2 Å². The van der Waals surface area contributed by atoms with Crippen LogP contribution in [-0.2, 0) is 0 Å². The summed E-state index contributed by atoms with van der Waals surface area (Å²) in [5, 5.41) is 1.90. The molecule has 0 radical (unpaired) electrons. The van der Waals surface area contributed by atoms with Gasteiger partial charge in [0.05, 0.1) is 0 Å². The Labute approximate surface area is 68.8 Å². The number of benzene rings is 1. The molecule has 0 amide bonds. The summed E-state index contributed by atoms with van der Waals surface area (Å²) in [6.45, 7) is 4.14. The van der Waals surface area contributed by atoms with Crippen LogP contribution in [0.2, 0.25) is 5.02 Å². The van der Waals surface area contributed by atoms with Crippen LogP contribution < -0.4 is 5.30 Å². The van der Waals surface area contributed by atoms with Crippen LogP contribution in [-0.4, -0.2) is 0 Å². The molecule has 0 aliphatic rings. The Bertz CT molecular complexity index is 205. The van der Waals surface area contributed by atoms with Crippen molar-refractivity contribution in [3.8, 4) is 0 Å². The number of hydrogen-bond donors (Lipinski definition) is 0. The van der Waals surface area contributed by atoms with Crippen LogP contribution in [0.3, 0.4) is 0 Å². The van der Waals surface area contributed by atoms with Gasteiger partial charge in [-0.1, -0.05) is 17.7 Å². The second kappa shape index (κ2) is 2.90. The molecule has 0 N–H and O–H groups in total. The Morgan fingerprint density at radius 3 is 2.20 bits per heavy atom. The highest BCUT2D eigenvalue weighted by Gasteiger charge is 1.97. The molecule has 0 aliphatic heterocycles. The molecule has 1 aromatic rings. The molecule has 0 aliphatic carbocycles. The average Bonchev–Trinajstić information content (AvgIpc) is 1.84. The number of rotatable bonds is 0. The topological polar surface area (TPSA) is 0 Å². The first-order chi connectivity index (χ1) is 4.61. The van der Waals surface area contributed by atoms with E-state index in [1.165, 1.54) is 11.1 Å². The molecule has 0 aromatic heterocycles. The van der Waals surface area contributed by atoms with Gasteiger partial charge in [-0.2, -0.15) is 0 Å². The molecule has 0 fully saturated rings. The maximum Gasteiger partial charge on any atom is 0.0480 e. The molecule has 0 saturated carbocycles. The van der Waals surface area contributed by atoms with Gasteiger partial charge in [0.15, 0.2) is 0 Å². The summed E-state index contributed by atoms with van der Waals surface area (Å²) in [6, 6.07) is 4.06. The Kier molecular flexibility index (Phi) is 2.33. The van der Waals surface area contributed by atoms with Crippen molar-refractivity contribution in [2.45, 2.75) is 13.8 Å². The van der Waals surface area contributed by atoms with E-state index in [4.69, 9.17) is 11.6 Å². The average molecular weight is 173 g/mol.